The number of non-ortho nitro benzene ring substituents is 1. The van der Waals surface area contributed by atoms with Crippen molar-refractivity contribution in [1.82, 2.24) is 0 Å². The fourth-order valence-corrected chi connectivity index (χ4v) is 1.67. The third-order valence-corrected chi connectivity index (χ3v) is 2.31. The van der Waals surface area contributed by atoms with Crippen molar-refractivity contribution in [3.63, 3.8) is 0 Å². The average molecular weight is 220 g/mol. The number of nitrogens with zero attached hydrogens (tertiary/aromatic N) is 2. The van der Waals surface area contributed by atoms with E-state index >= 15 is 0 Å². The van der Waals surface area contributed by atoms with Gasteiger partial charge in [0.05, 0.1) is 4.92 Å². The molecule has 0 saturated carbocycles. The number of benzene rings is 1. The van der Waals surface area contributed by atoms with E-state index in [4.69, 9.17) is 0 Å². The van der Waals surface area contributed by atoms with Crippen LogP contribution >= 0.6 is 0 Å². The van der Waals surface area contributed by atoms with E-state index in [9.17, 15) is 10.1 Å². The van der Waals surface area contributed by atoms with Crippen LogP contribution in [0.5, 0.6) is 0 Å². The Morgan fingerprint density at radius 3 is 2.62 bits per heavy atom. The summed E-state index contributed by atoms with van der Waals surface area (Å²) in [6.45, 7) is 8.42. The highest BCUT2D eigenvalue weighted by Crippen LogP contribution is 2.24. The van der Waals surface area contributed by atoms with Crippen molar-refractivity contribution in [3.8, 4) is 0 Å². The topological polar surface area (TPSA) is 46.4 Å². The Labute approximate surface area is 95.3 Å². The van der Waals surface area contributed by atoms with Crippen molar-refractivity contribution in [3.05, 3.63) is 46.0 Å². The molecule has 0 aliphatic rings. The molecule has 0 radical (unpaired) electrons. The molecular weight excluding hydrogens is 204 g/mol. The maximum atomic E-state index is 10.6. The molecule has 4 heteroatoms. The van der Waals surface area contributed by atoms with Crippen molar-refractivity contribution in [1.29, 1.82) is 0 Å². The summed E-state index contributed by atoms with van der Waals surface area (Å²) in [7, 11) is 1.95. The number of anilines is 1. The summed E-state index contributed by atoms with van der Waals surface area (Å²) in [5.41, 5.74) is 3.08. The molecule has 0 amide bonds. The number of hydrogen-bond acceptors (Lipinski definition) is 3. The Morgan fingerprint density at radius 2 is 2.19 bits per heavy atom. The molecule has 0 unspecified atom stereocenters. The zero-order valence-electron chi connectivity index (χ0n) is 9.86. The van der Waals surface area contributed by atoms with E-state index in [1.807, 2.05) is 25.8 Å². The fraction of sp³-hybridized carbons (Fsp3) is 0.333. The summed E-state index contributed by atoms with van der Waals surface area (Å²) >= 11 is 0. The summed E-state index contributed by atoms with van der Waals surface area (Å²) < 4.78 is 0. The highest BCUT2D eigenvalue weighted by Gasteiger charge is 2.10. The van der Waals surface area contributed by atoms with Crippen LogP contribution in [0.3, 0.4) is 0 Å². The Hall–Kier alpha value is -1.84. The van der Waals surface area contributed by atoms with E-state index in [1.165, 1.54) is 6.07 Å². The molecule has 1 aromatic carbocycles. The lowest BCUT2D eigenvalue weighted by Gasteiger charge is -2.21. The van der Waals surface area contributed by atoms with Crippen LogP contribution in [0.1, 0.15) is 12.5 Å². The molecule has 0 atom stereocenters. The lowest BCUT2D eigenvalue weighted by Crippen LogP contribution is -2.19. The first-order valence-electron chi connectivity index (χ1n) is 5.02. The summed E-state index contributed by atoms with van der Waals surface area (Å²) in [5, 5.41) is 10.6. The minimum Gasteiger partial charge on any atom is -0.370 e. The van der Waals surface area contributed by atoms with Gasteiger partial charge in [-0.3, -0.25) is 10.1 Å². The van der Waals surface area contributed by atoms with Crippen LogP contribution in [0.25, 0.3) is 0 Å². The first-order valence-corrected chi connectivity index (χ1v) is 5.02. The minimum absolute atomic E-state index is 0.130. The molecule has 0 heterocycles. The van der Waals surface area contributed by atoms with Crippen LogP contribution in [-0.2, 0) is 0 Å². The van der Waals surface area contributed by atoms with E-state index < -0.39 is 0 Å². The minimum atomic E-state index is -0.379. The predicted octanol–water partition coefficient (Wildman–Crippen LogP) is 2.92. The molecule has 0 fully saturated rings. The monoisotopic (exact) mass is 220 g/mol. The van der Waals surface area contributed by atoms with E-state index in [0.29, 0.717) is 0 Å². The summed E-state index contributed by atoms with van der Waals surface area (Å²) in [6.07, 6.45) is 0. The van der Waals surface area contributed by atoms with E-state index in [0.717, 1.165) is 23.4 Å². The summed E-state index contributed by atoms with van der Waals surface area (Å²) in [5.74, 6) is 0. The van der Waals surface area contributed by atoms with Gasteiger partial charge in [-0.1, -0.05) is 12.2 Å². The zero-order valence-corrected chi connectivity index (χ0v) is 9.86. The number of hydrogen-bond donors (Lipinski definition) is 0. The van der Waals surface area contributed by atoms with Crippen LogP contribution in [-0.4, -0.2) is 18.5 Å². The first kappa shape index (κ1) is 12.2. The second kappa shape index (κ2) is 4.79. The molecule has 1 aromatic rings. The van der Waals surface area contributed by atoms with Gasteiger partial charge in [-0.25, -0.2) is 0 Å². The normalized spacial score (nSPS) is 9.94. The molecule has 0 spiro atoms. The SMILES string of the molecule is C=C(C)CN(C)c1ccc([N+](=O)[O-])cc1C. The van der Waals surface area contributed by atoms with Crippen molar-refractivity contribution in [2.75, 3.05) is 18.5 Å². The van der Waals surface area contributed by atoms with Gasteiger partial charge in [0.15, 0.2) is 0 Å². The molecular formula is C12H16N2O2. The number of aryl methyl sites for hydroxylation is 1. The van der Waals surface area contributed by atoms with Gasteiger partial charge in [0.1, 0.15) is 0 Å². The molecule has 86 valence electrons. The zero-order chi connectivity index (χ0) is 12.3. The molecule has 4 nitrogen and oxygen atoms in total. The van der Waals surface area contributed by atoms with Gasteiger partial charge in [0, 0.05) is 31.4 Å². The molecule has 0 aliphatic carbocycles. The maximum absolute atomic E-state index is 10.6. The molecule has 0 aliphatic heterocycles. The standard InChI is InChI=1S/C12H16N2O2/c1-9(2)8-13(4)12-6-5-11(14(15)16)7-10(12)3/h5-7H,1,8H2,2-4H3. The average Bonchev–Trinajstić information content (AvgIpc) is 2.15. The molecule has 16 heavy (non-hydrogen) atoms. The van der Waals surface area contributed by atoms with Crippen LogP contribution < -0.4 is 4.90 Å². The van der Waals surface area contributed by atoms with Crippen LogP contribution in [0.2, 0.25) is 0 Å². The molecule has 0 bridgehead atoms. The van der Waals surface area contributed by atoms with E-state index in [2.05, 4.69) is 6.58 Å². The molecule has 0 N–H and O–H groups in total. The lowest BCUT2D eigenvalue weighted by atomic mass is 10.1. The van der Waals surface area contributed by atoms with E-state index in [-0.39, 0.29) is 10.6 Å². The largest absolute Gasteiger partial charge is 0.370 e. The Morgan fingerprint density at radius 1 is 1.56 bits per heavy atom. The number of nitro benzene ring substituents is 1. The maximum Gasteiger partial charge on any atom is 0.269 e. The smallest absolute Gasteiger partial charge is 0.269 e. The Kier molecular flexibility index (Phi) is 3.66. The van der Waals surface area contributed by atoms with Gasteiger partial charge < -0.3 is 4.90 Å². The third kappa shape index (κ3) is 2.82. The van der Waals surface area contributed by atoms with Gasteiger partial charge >= 0.3 is 0 Å². The molecule has 1 rings (SSSR count). The van der Waals surface area contributed by atoms with E-state index in [1.54, 1.807) is 12.1 Å². The number of nitro groups is 1. The van der Waals surface area contributed by atoms with Crippen molar-refractivity contribution in [2.24, 2.45) is 0 Å². The summed E-state index contributed by atoms with van der Waals surface area (Å²) in [6, 6.07) is 4.89. The second-order valence-corrected chi connectivity index (χ2v) is 4.04. The van der Waals surface area contributed by atoms with Gasteiger partial charge in [0.25, 0.3) is 5.69 Å². The summed E-state index contributed by atoms with van der Waals surface area (Å²) in [4.78, 5) is 12.2. The first-order chi connectivity index (χ1) is 7.41. The highest BCUT2D eigenvalue weighted by atomic mass is 16.6. The van der Waals surface area contributed by atoms with Gasteiger partial charge in [-0.2, -0.15) is 0 Å². The third-order valence-electron chi connectivity index (χ3n) is 2.31. The van der Waals surface area contributed by atoms with Gasteiger partial charge in [-0.15, -0.1) is 0 Å². The van der Waals surface area contributed by atoms with Crippen molar-refractivity contribution >= 4 is 11.4 Å². The number of likely N-dealkylation sites (N-methyl/N-ethyl adjacent to an activating group) is 1. The van der Waals surface area contributed by atoms with Crippen LogP contribution in [0.4, 0.5) is 11.4 Å². The highest BCUT2D eigenvalue weighted by molar-refractivity contribution is 5.57. The van der Waals surface area contributed by atoms with Gasteiger partial charge in [-0.05, 0) is 25.5 Å². The molecule has 0 aromatic heterocycles. The Bertz CT molecular complexity index is 427. The predicted molar refractivity (Wildman–Crippen MR) is 65.9 cm³/mol. The van der Waals surface area contributed by atoms with Crippen LogP contribution in [0, 0.1) is 17.0 Å². The van der Waals surface area contributed by atoms with Gasteiger partial charge in [0.2, 0.25) is 0 Å². The quantitative estimate of drug-likeness (QED) is 0.445. The number of rotatable bonds is 4. The Balaban J connectivity index is 2.98. The molecule has 0 saturated heterocycles. The lowest BCUT2D eigenvalue weighted by molar-refractivity contribution is -0.384. The second-order valence-electron chi connectivity index (χ2n) is 4.04. The van der Waals surface area contributed by atoms with Crippen LogP contribution in [0.15, 0.2) is 30.4 Å². The fourth-order valence-electron chi connectivity index (χ4n) is 1.67. The van der Waals surface area contributed by atoms with Crippen molar-refractivity contribution < 1.29 is 4.92 Å². The van der Waals surface area contributed by atoms with Crippen molar-refractivity contribution in [2.45, 2.75) is 13.8 Å².